The number of sulfonamides is 1. The normalized spacial score (nSPS) is 14.1. The summed E-state index contributed by atoms with van der Waals surface area (Å²) in [6.07, 6.45) is 1.30. The summed E-state index contributed by atoms with van der Waals surface area (Å²) >= 11 is 0. The molecular formula is C19H22FNO4S. The molecule has 0 spiro atoms. The number of anilines is 1. The van der Waals surface area contributed by atoms with Gasteiger partial charge >= 0.3 is 0 Å². The molecule has 1 aliphatic heterocycles. The average molecular weight is 379 g/mol. The van der Waals surface area contributed by atoms with Gasteiger partial charge in [-0.15, -0.1) is 0 Å². The molecule has 0 saturated heterocycles. The summed E-state index contributed by atoms with van der Waals surface area (Å²) in [5.41, 5.74) is 2.16. The Morgan fingerprint density at radius 1 is 1.04 bits per heavy atom. The van der Waals surface area contributed by atoms with Gasteiger partial charge in [-0.1, -0.05) is 6.07 Å². The second-order valence-corrected chi connectivity index (χ2v) is 8.24. The van der Waals surface area contributed by atoms with Crippen LogP contribution in [0.4, 0.5) is 10.1 Å². The van der Waals surface area contributed by atoms with Crippen molar-refractivity contribution in [1.29, 1.82) is 0 Å². The molecule has 0 radical (unpaired) electrons. The lowest BCUT2D eigenvalue weighted by atomic mass is 10.0. The molecule has 140 valence electrons. The lowest BCUT2D eigenvalue weighted by Crippen LogP contribution is -2.36. The summed E-state index contributed by atoms with van der Waals surface area (Å²) < 4.78 is 53.0. The maximum absolute atomic E-state index is 14.6. The largest absolute Gasteiger partial charge is 0.493 e. The van der Waals surface area contributed by atoms with Gasteiger partial charge in [0, 0.05) is 12.6 Å². The fourth-order valence-electron chi connectivity index (χ4n) is 3.40. The van der Waals surface area contributed by atoms with E-state index in [0.717, 1.165) is 11.1 Å². The monoisotopic (exact) mass is 379 g/mol. The molecule has 0 bridgehead atoms. The molecule has 2 aromatic rings. The van der Waals surface area contributed by atoms with Crippen LogP contribution in [0.2, 0.25) is 0 Å². The van der Waals surface area contributed by atoms with Crippen LogP contribution in [0.15, 0.2) is 29.2 Å². The maximum Gasteiger partial charge on any atom is 0.264 e. The average Bonchev–Trinajstić information content (AvgIpc) is 2.60. The van der Waals surface area contributed by atoms with Crippen LogP contribution in [0.25, 0.3) is 0 Å². The summed E-state index contributed by atoms with van der Waals surface area (Å²) in [6, 6.07) is 6.27. The first kappa shape index (κ1) is 18.5. The quantitative estimate of drug-likeness (QED) is 0.814. The first-order chi connectivity index (χ1) is 12.3. The minimum atomic E-state index is -3.94. The predicted octanol–water partition coefficient (Wildman–Crippen LogP) is 3.60. The van der Waals surface area contributed by atoms with Crippen LogP contribution in [-0.2, 0) is 16.4 Å². The number of halogens is 1. The van der Waals surface area contributed by atoms with Gasteiger partial charge in [-0.2, -0.15) is 0 Å². The van der Waals surface area contributed by atoms with E-state index in [1.54, 1.807) is 19.9 Å². The molecule has 0 aliphatic carbocycles. The third-order valence-electron chi connectivity index (χ3n) is 4.59. The van der Waals surface area contributed by atoms with E-state index in [-0.39, 0.29) is 17.1 Å². The van der Waals surface area contributed by atoms with Crippen LogP contribution >= 0.6 is 0 Å². The topological polar surface area (TPSA) is 55.8 Å². The van der Waals surface area contributed by atoms with Crippen molar-refractivity contribution in [3.63, 3.8) is 0 Å². The highest BCUT2D eigenvalue weighted by Crippen LogP contribution is 2.38. The van der Waals surface area contributed by atoms with E-state index in [1.807, 2.05) is 6.07 Å². The Labute approximate surface area is 153 Å². The highest BCUT2D eigenvalue weighted by atomic mass is 32.2. The molecule has 3 rings (SSSR count). The molecule has 0 unspecified atom stereocenters. The Morgan fingerprint density at radius 3 is 2.35 bits per heavy atom. The standard InChI is InChI=1S/C19H22FNO4S/c1-12-8-14-6-5-7-21(19(14)15(20)9-12)26(22,23)18-11-17(25-4)16(24-3)10-13(18)2/h8-11H,5-7H2,1-4H3. The molecule has 7 heteroatoms. The van der Waals surface area contributed by atoms with Crippen LogP contribution < -0.4 is 13.8 Å². The van der Waals surface area contributed by atoms with Gasteiger partial charge < -0.3 is 9.47 Å². The second-order valence-electron chi connectivity index (χ2n) is 6.41. The van der Waals surface area contributed by atoms with Gasteiger partial charge in [0.15, 0.2) is 11.5 Å². The molecule has 1 aliphatic rings. The maximum atomic E-state index is 14.6. The number of rotatable bonds is 4. The van der Waals surface area contributed by atoms with E-state index in [0.29, 0.717) is 29.9 Å². The van der Waals surface area contributed by atoms with Crippen molar-refractivity contribution in [1.82, 2.24) is 0 Å². The molecule has 26 heavy (non-hydrogen) atoms. The van der Waals surface area contributed by atoms with Crippen LogP contribution in [0.1, 0.15) is 23.1 Å². The fourth-order valence-corrected chi connectivity index (χ4v) is 5.17. The first-order valence-corrected chi connectivity index (χ1v) is 9.78. The van der Waals surface area contributed by atoms with Crippen molar-refractivity contribution in [3.05, 3.63) is 46.8 Å². The van der Waals surface area contributed by atoms with E-state index in [9.17, 15) is 12.8 Å². The van der Waals surface area contributed by atoms with Gasteiger partial charge in [0.2, 0.25) is 0 Å². The minimum absolute atomic E-state index is 0.0861. The van der Waals surface area contributed by atoms with Gasteiger partial charge in [0.25, 0.3) is 10.0 Å². The van der Waals surface area contributed by atoms with Crippen molar-refractivity contribution in [2.24, 2.45) is 0 Å². The number of fused-ring (bicyclic) bond motifs is 1. The number of hydrogen-bond acceptors (Lipinski definition) is 4. The number of hydrogen-bond donors (Lipinski definition) is 0. The SMILES string of the molecule is COc1cc(C)c(S(=O)(=O)N2CCCc3cc(C)cc(F)c32)cc1OC. The minimum Gasteiger partial charge on any atom is -0.493 e. The Bertz CT molecular complexity index is 956. The van der Waals surface area contributed by atoms with Crippen molar-refractivity contribution in [2.45, 2.75) is 31.6 Å². The van der Waals surface area contributed by atoms with Crippen LogP contribution in [0, 0.1) is 19.7 Å². The van der Waals surface area contributed by atoms with Crippen LogP contribution in [-0.4, -0.2) is 29.2 Å². The summed E-state index contributed by atoms with van der Waals surface area (Å²) in [7, 11) is -1.00. The smallest absolute Gasteiger partial charge is 0.264 e. The number of benzene rings is 2. The van der Waals surface area contributed by atoms with Gasteiger partial charge in [-0.05, 0) is 55.5 Å². The van der Waals surface area contributed by atoms with E-state index >= 15 is 0 Å². The number of ether oxygens (including phenoxy) is 2. The summed E-state index contributed by atoms with van der Waals surface area (Å²) in [4.78, 5) is 0.0861. The molecule has 1 heterocycles. The summed E-state index contributed by atoms with van der Waals surface area (Å²) in [5.74, 6) is 0.254. The van der Waals surface area contributed by atoms with Gasteiger partial charge in [0.1, 0.15) is 5.82 Å². The Balaban J connectivity index is 2.17. The Kier molecular flexibility index (Phi) is 4.84. The number of nitrogens with zero attached hydrogens (tertiary/aromatic N) is 1. The third-order valence-corrected chi connectivity index (χ3v) is 6.53. The van der Waals surface area contributed by atoms with E-state index in [4.69, 9.17) is 9.47 Å². The van der Waals surface area contributed by atoms with Gasteiger partial charge in [-0.25, -0.2) is 12.8 Å². The number of aryl methyl sites for hydroxylation is 3. The first-order valence-electron chi connectivity index (χ1n) is 8.34. The highest BCUT2D eigenvalue weighted by Gasteiger charge is 2.33. The molecule has 0 saturated carbocycles. The van der Waals surface area contributed by atoms with Crippen LogP contribution in [0.5, 0.6) is 11.5 Å². The van der Waals surface area contributed by atoms with E-state index in [1.165, 1.54) is 30.7 Å². The summed E-state index contributed by atoms with van der Waals surface area (Å²) in [5, 5.41) is 0. The van der Waals surface area contributed by atoms with Gasteiger partial charge in [0.05, 0.1) is 24.8 Å². The van der Waals surface area contributed by atoms with Gasteiger partial charge in [-0.3, -0.25) is 4.31 Å². The molecule has 0 atom stereocenters. The van der Waals surface area contributed by atoms with Crippen molar-refractivity contribution in [2.75, 3.05) is 25.1 Å². The molecular weight excluding hydrogens is 357 g/mol. The van der Waals surface area contributed by atoms with E-state index < -0.39 is 15.8 Å². The van der Waals surface area contributed by atoms with Crippen LogP contribution in [0.3, 0.4) is 0 Å². The molecule has 0 amide bonds. The third kappa shape index (κ3) is 3.00. The zero-order valence-corrected chi connectivity index (χ0v) is 16.1. The lowest BCUT2D eigenvalue weighted by molar-refractivity contribution is 0.353. The zero-order chi connectivity index (χ0) is 19.1. The molecule has 5 nitrogen and oxygen atoms in total. The predicted molar refractivity (Wildman–Crippen MR) is 98.3 cm³/mol. The summed E-state index contributed by atoms with van der Waals surface area (Å²) in [6.45, 7) is 3.73. The molecule has 2 aromatic carbocycles. The zero-order valence-electron chi connectivity index (χ0n) is 15.3. The Hall–Kier alpha value is -2.28. The van der Waals surface area contributed by atoms with Crippen molar-refractivity contribution in [3.8, 4) is 11.5 Å². The lowest BCUT2D eigenvalue weighted by Gasteiger charge is -2.31. The fraction of sp³-hybridized carbons (Fsp3) is 0.368. The molecule has 0 N–H and O–H groups in total. The van der Waals surface area contributed by atoms with E-state index in [2.05, 4.69) is 0 Å². The molecule has 0 fully saturated rings. The Morgan fingerprint density at radius 2 is 1.69 bits per heavy atom. The molecule has 0 aromatic heterocycles. The second kappa shape index (κ2) is 6.79. The highest BCUT2D eigenvalue weighted by molar-refractivity contribution is 7.92. The number of methoxy groups -OCH3 is 2. The van der Waals surface area contributed by atoms with Crippen molar-refractivity contribution < 1.29 is 22.3 Å². The van der Waals surface area contributed by atoms with Crippen molar-refractivity contribution >= 4 is 15.7 Å².